The van der Waals surface area contributed by atoms with Crippen LogP contribution >= 0.6 is 0 Å². The fraction of sp³-hybridized carbons (Fsp3) is 0.444. The third kappa shape index (κ3) is 4.93. The highest BCUT2D eigenvalue weighted by atomic mass is 16.5. The Kier molecular flexibility index (Phi) is 7.20. The number of nitrogens with zero attached hydrogens (tertiary/aromatic N) is 1. The number of aliphatic carboxylic acids is 1. The quantitative estimate of drug-likeness (QED) is 0.476. The van der Waals surface area contributed by atoms with E-state index in [9.17, 15) is 19.5 Å². The molecular formula is C27H32N2O5. The van der Waals surface area contributed by atoms with Crippen LogP contribution < -0.4 is 5.32 Å². The largest absolute Gasteiger partial charge is 0.479 e. The number of carboxylic acid groups (broad SMARTS) is 1. The number of nitrogens with one attached hydrogen (secondary N) is 1. The minimum Gasteiger partial charge on any atom is -0.479 e. The van der Waals surface area contributed by atoms with Crippen molar-refractivity contribution >= 4 is 18.0 Å². The van der Waals surface area contributed by atoms with Crippen molar-refractivity contribution in [3.8, 4) is 11.1 Å². The maximum atomic E-state index is 12.2. The molecule has 0 radical (unpaired) electrons. The fourth-order valence-corrected chi connectivity index (χ4v) is 4.81. The second-order valence-electron chi connectivity index (χ2n) is 9.21. The van der Waals surface area contributed by atoms with E-state index in [1.54, 1.807) is 7.05 Å². The number of unbranched alkanes of at least 4 members (excludes halogenated alkanes) is 3. The normalized spacial score (nSPS) is 15.2. The first-order valence-electron chi connectivity index (χ1n) is 12.0. The van der Waals surface area contributed by atoms with Gasteiger partial charge in [-0.05, 0) is 47.9 Å². The van der Waals surface area contributed by atoms with Gasteiger partial charge in [0.15, 0.2) is 0 Å². The van der Waals surface area contributed by atoms with E-state index in [0.717, 1.165) is 19.3 Å². The molecule has 180 valence electrons. The van der Waals surface area contributed by atoms with Crippen LogP contribution in [0.4, 0.5) is 4.79 Å². The van der Waals surface area contributed by atoms with Gasteiger partial charge in [0.2, 0.25) is 5.91 Å². The van der Waals surface area contributed by atoms with Crippen LogP contribution in [0.3, 0.4) is 0 Å². The van der Waals surface area contributed by atoms with Crippen molar-refractivity contribution in [3.05, 3.63) is 59.7 Å². The van der Waals surface area contributed by atoms with Crippen LogP contribution in [0.5, 0.6) is 0 Å². The van der Waals surface area contributed by atoms with E-state index in [1.165, 1.54) is 27.2 Å². The number of hydrogen-bond acceptors (Lipinski definition) is 4. The summed E-state index contributed by atoms with van der Waals surface area (Å²) in [5.41, 5.74) is 3.81. The van der Waals surface area contributed by atoms with Crippen LogP contribution in [0.25, 0.3) is 11.1 Å². The summed E-state index contributed by atoms with van der Waals surface area (Å²) < 4.78 is 5.53. The average molecular weight is 465 g/mol. The summed E-state index contributed by atoms with van der Waals surface area (Å²) in [6.07, 6.45) is 4.25. The van der Waals surface area contributed by atoms with Crippen molar-refractivity contribution in [1.82, 2.24) is 10.2 Å². The minimum absolute atomic E-state index is 0.0460. The van der Waals surface area contributed by atoms with Crippen LogP contribution in [0.1, 0.15) is 62.0 Å². The third-order valence-corrected chi connectivity index (χ3v) is 7.07. The van der Waals surface area contributed by atoms with E-state index in [4.69, 9.17) is 4.74 Å². The Morgan fingerprint density at radius 1 is 0.971 bits per heavy atom. The van der Waals surface area contributed by atoms with Gasteiger partial charge in [0.25, 0.3) is 0 Å². The number of benzene rings is 2. The Hall–Kier alpha value is -3.35. The van der Waals surface area contributed by atoms with Crippen molar-refractivity contribution in [1.29, 1.82) is 0 Å². The Balaban J connectivity index is 1.11. The number of hydrogen-bond donors (Lipinski definition) is 2. The molecule has 0 heterocycles. The number of ether oxygens (including phenoxy) is 1. The Morgan fingerprint density at radius 3 is 2.15 bits per heavy atom. The molecule has 0 unspecified atom stereocenters. The first-order chi connectivity index (χ1) is 16.4. The topological polar surface area (TPSA) is 95.9 Å². The van der Waals surface area contributed by atoms with E-state index in [2.05, 4.69) is 29.6 Å². The molecule has 2 aromatic carbocycles. The molecule has 0 aliphatic heterocycles. The standard InChI is InChI=1S/C27H32N2O5/c1-29(27(15-16-27)25(31)32)24(30)14-4-2-3-9-17-28-26(33)34-18-23-21-12-7-5-10-19(21)20-11-6-8-13-22(20)23/h5-8,10-13,23H,2-4,9,14-18H2,1H3,(H,28,33)(H,31,32). The van der Waals surface area contributed by atoms with Crippen LogP contribution in [-0.4, -0.2) is 53.7 Å². The zero-order valence-corrected chi connectivity index (χ0v) is 19.6. The number of rotatable bonds is 11. The number of alkyl carbamates (subject to hydrolysis) is 1. The van der Waals surface area contributed by atoms with Gasteiger partial charge >= 0.3 is 12.1 Å². The van der Waals surface area contributed by atoms with E-state index >= 15 is 0 Å². The maximum Gasteiger partial charge on any atom is 0.407 e. The summed E-state index contributed by atoms with van der Waals surface area (Å²) in [6, 6.07) is 16.5. The molecule has 2 aliphatic rings. The smallest absolute Gasteiger partial charge is 0.407 e. The van der Waals surface area contributed by atoms with Gasteiger partial charge in [0.05, 0.1) is 0 Å². The Labute approximate surface area is 200 Å². The lowest BCUT2D eigenvalue weighted by Crippen LogP contribution is -2.44. The van der Waals surface area contributed by atoms with Crippen molar-refractivity contribution in [2.45, 2.75) is 56.4 Å². The summed E-state index contributed by atoms with van der Waals surface area (Å²) in [4.78, 5) is 37.2. The Morgan fingerprint density at radius 2 is 1.56 bits per heavy atom. The second kappa shape index (κ2) is 10.3. The lowest BCUT2D eigenvalue weighted by Gasteiger charge is -2.24. The predicted molar refractivity (Wildman–Crippen MR) is 129 cm³/mol. The maximum absolute atomic E-state index is 12.2. The summed E-state index contributed by atoms with van der Waals surface area (Å²) >= 11 is 0. The lowest BCUT2D eigenvalue weighted by atomic mass is 9.98. The molecule has 0 saturated heterocycles. The molecular weight excluding hydrogens is 432 g/mol. The molecule has 0 aromatic heterocycles. The number of carbonyl (C=O) groups is 3. The summed E-state index contributed by atoms with van der Waals surface area (Å²) in [5, 5.41) is 12.1. The monoisotopic (exact) mass is 464 g/mol. The van der Waals surface area contributed by atoms with Gasteiger partial charge in [-0.2, -0.15) is 0 Å². The first-order valence-corrected chi connectivity index (χ1v) is 12.0. The minimum atomic E-state index is -0.968. The molecule has 1 saturated carbocycles. The summed E-state index contributed by atoms with van der Waals surface area (Å²) in [5.74, 6) is -0.982. The molecule has 2 N–H and O–H groups in total. The fourth-order valence-electron chi connectivity index (χ4n) is 4.81. The van der Waals surface area contributed by atoms with E-state index in [0.29, 0.717) is 38.8 Å². The first kappa shape index (κ1) is 23.8. The van der Waals surface area contributed by atoms with Gasteiger partial charge in [-0.3, -0.25) is 4.79 Å². The van der Waals surface area contributed by atoms with Crippen LogP contribution in [0.15, 0.2) is 48.5 Å². The molecule has 7 nitrogen and oxygen atoms in total. The number of amides is 2. The van der Waals surface area contributed by atoms with Crippen LogP contribution in [0, 0.1) is 0 Å². The van der Waals surface area contributed by atoms with E-state index in [1.807, 2.05) is 24.3 Å². The van der Waals surface area contributed by atoms with Gasteiger partial charge in [-0.25, -0.2) is 9.59 Å². The number of carbonyl (C=O) groups excluding carboxylic acids is 2. The SMILES string of the molecule is CN(C(=O)CCCCCCNC(=O)OCC1c2ccccc2-c2ccccc21)C1(C(=O)O)CC1. The van der Waals surface area contributed by atoms with Gasteiger partial charge in [-0.15, -0.1) is 0 Å². The zero-order chi connectivity index (χ0) is 24.1. The third-order valence-electron chi connectivity index (χ3n) is 7.07. The lowest BCUT2D eigenvalue weighted by molar-refractivity contribution is -0.151. The van der Waals surface area contributed by atoms with Crippen molar-refractivity contribution in [2.75, 3.05) is 20.2 Å². The van der Waals surface area contributed by atoms with Crippen LogP contribution in [-0.2, 0) is 14.3 Å². The predicted octanol–water partition coefficient (Wildman–Crippen LogP) is 4.55. The summed E-state index contributed by atoms with van der Waals surface area (Å²) in [6.45, 7) is 0.819. The molecule has 4 rings (SSSR count). The molecule has 1 fully saturated rings. The van der Waals surface area contributed by atoms with Gasteiger partial charge in [-0.1, -0.05) is 61.4 Å². The van der Waals surface area contributed by atoms with Crippen molar-refractivity contribution < 1.29 is 24.2 Å². The molecule has 2 amide bonds. The highest BCUT2D eigenvalue weighted by Gasteiger charge is 2.55. The van der Waals surface area contributed by atoms with Gasteiger partial charge in [0.1, 0.15) is 12.1 Å². The summed E-state index contributed by atoms with van der Waals surface area (Å²) in [7, 11) is 1.59. The number of likely N-dealkylation sites (N-methyl/N-ethyl adjacent to an activating group) is 1. The molecule has 0 bridgehead atoms. The van der Waals surface area contributed by atoms with E-state index < -0.39 is 17.6 Å². The molecule has 2 aromatic rings. The van der Waals surface area contributed by atoms with Gasteiger partial charge in [0, 0.05) is 25.9 Å². The molecule has 34 heavy (non-hydrogen) atoms. The molecule has 7 heteroatoms. The van der Waals surface area contributed by atoms with Gasteiger partial charge < -0.3 is 20.1 Å². The number of carboxylic acids is 1. The Bertz CT molecular complexity index is 1020. The average Bonchev–Trinajstić information content (AvgIpc) is 3.60. The van der Waals surface area contributed by atoms with Crippen LogP contribution in [0.2, 0.25) is 0 Å². The zero-order valence-electron chi connectivity index (χ0n) is 19.6. The van der Waals surface area contributed by atoms with Crippen molar-refractivity contribution in [2.24, 2.45) is 0 Å². The molecule has 2 aliphatic carbocycles. The number of fused-ring (bicyclic) bond motifs is 3. The highest BCUT2D eigenvalue weighted by Crippen LogP contribution is 2.44. The van der Waals surface area contributed by atoms with E-state index in [-0.39, 0.29) is 11.8 Å². The van der Waals surface area contributed by atoms with Crippen molar-refractivity contribution in [3.63, 3.8) is 0 Å². The highest BCUT2D eigenvalue weighted by molar-refractivity contribution is 5.89. The second-order valence-corrected chi connectivity index (χ2v) is 9.21. The molecule has 0 spiro atoms. The molecule has 0 atom stereocenters.